The molecule has 3 aromatic rings. The molecule has 0 radical (unpaired) electrons. The number of ether oxygens (including phenoxy) is 1. The summed E-state index contributed by atoms with van der Waals surface area (Å²) in [6.07, 6.45) is 10.1. The van der Waals surface area contributed by atoms with Crippen LogP contribution in [0, 0.1) is 12.7 Å². The molecule has 2 atom stereocenters. The van der Waals surface area contributed by atoms with Crippen molar-refractivity contribution < 1.29 is 13.9 Å². The van der Waals surface area contributed by atoms with Gasteiger partial charge in [-0.2, -0.15) is 5.10 Å². The molecule has 1 aliphatic carbocycles. The number of pyridine rings is 1. The minimum atomic E-state index is -0.526. The maximum atomic E-state index is 14.6. The van der Waals surface area contributed by atoms with E-state index in [4.69, 9.17) is 4.74 Å². The zero-order valence-electron chi connectivity index (χ0n) is 21.2. The van der Waals surface area contributed by atoms with Gasteiger partial charge in [0.05, 0.1) is 34.8 Å². The van der Waals surface area contributed by atoms with Crippen LogP contribution in [-0.4, -0.2) is 70.5 Å². The summed E-state index contributed by atoms with van der Waals surface area (Å²) in [6, 6.07) is 5.32. The third-order valence-electron chi connectivity index (χ3n) is 7.27. The second-order valence-corrected chi connectivity index (χ2v) is 10.2. The van der Waals surface area contributed by atoms with Crippen LogP contribution in [0.15, 0.2) is 43.0 Å². The van der Waals surface area contributed by atoms with E-state index >= 15 is 0 Å². The third kappa shape index (κ3) is 4.99. The van der Waals surface area contributed by atoms with Crippen molar-refractivity contribution in [1.29, 1.82) is 0 Å². The highest BCUT2D eigenvalue weighted by Gasteiger charge is 2.39. The van der Waals surface area contributed by atoms with Crippen molar-refractivity contribution in [2.45, 2.75) is 50.8 Å². The molecule has 5 rings (SSSR count). The minimum absolute atomic E-state index is 0.0340. The number of nitrogens with one attached hydrogen (secondary N) is 2. The summed E-state index contributed by atoms with van der Waals surface area (Å²) in [5.74, 6) is -0.912. The summed E-state index contributed by atoms with van der Waals surface area (Å²) in [7, 11) is 3.87. The summed E-state index contributed by atoms with van der Waals surface area (Å²) in [5.41, 5.74) is 3.77. The van der Waals surface area contributed by atoms with Crippen LogP contribution in [-0.2, 0) is 4.74 Å². The fraction of sp³-hybridized carbons (Fsp3) is 0.444. The number of carbonyl (C=O) groups excluding carboxylic acids is 1. The number of carbonyl (C=O) groups is 1. The van der Waals surface area contributed by atoms with E-state index in [9.17, 15) is 9.18 Å². The first-order valence-electron chi connectivity index (χ1n) is 12.4. The molecule has 2 aromatic heterocycles. The number of likely N-dealkylation sites (N-methyl/N-ethyl adjacent to an activating group) is 1. The summed E-state index contributed by atoms with van der Waals surface area (Å²) < 4.78 is 22.1. The van der Waals surface area contributed by atoms with E-state index in [0.29, 0.717) is 11.3 Å². The summed E-state index contributed by atoms with van der Waals surface area (Å²) >= 11 is 0. The zero-order chi connectivity index (χ0) is 25.4. The molecule has 3 heterocycles. The smallest absolute Gasteiger partial charge is 0.254 e. The minimum Gasteiger partial charge on any atom is -0.378 e. The van der Waals surface area contributed by atoms with E-state index in [-0.39, 0.29) is 29.2 Å². The lowest BCUT2D eigenvalue weighted by atomic mass is 9.88. The SMILES string of the molecule is COC1(C)CN(C)CCC1Nc1cncc(-c2cnn(-c3cc(C(=O)NC4CC4)c(F)cc3C)c2)c1. The first-order valence-corrected chi connectivity index (χ1v) is 12.4. The topological polar surface area (TPSA) is 84.3 Å². The normalized spacial score (nSPS) is 22.4. The fourth-order valence-corrected chi connectivity index (χ4v) is 4.87. The van der Waals surface area contributed by atoms with Crippen LogP contribution in [0.1, 0.15) is 42.1 Å². The summed E-state index contributed by atoms with van der Waals surface area (Å²) in [4.78, 5) is 19.2. The molecule has 1 aliphatic heterocycles. The zero-order valence-corrected chi connectivity index (χ0v) is 21.2. The average Bonchev–Trinajstić information content (AvgIpc) is 3.53. The number of aromatic nitrogens is 3. The van der Waals surface area contributed by atoms with Gasteiger partial charge in [-0.3, -0.25) is 9.78 Å². The Bertz CT molecular complexity index is 1270. The monoisotopic (exact) mass is 492 g/mol. The molecule has 9 heteroatoms. The van der Waals surface area contributed by atoms with Crippen molar-refractivity contribution in [2.24, 2.45) is 0 Å². The van der Waals surface area contributed by atoms with Crippen LogP contribution in [0.2, 0.25) is 0 Å². The van der Waals surface area contributed by atoms with Gasteiger partial charge >= 0.3 is 0 Å². The number of hydrogen-bond acceptors (Lipinski definition) is 6. The van der Waals surface area contributed by atoms with Gasteiger partial charge in [0.15, 0.2) is 0 Å². The predicted octanol–water partition coefficient (Wildman–Crippen LogP) is 3.80. The van der Waals surface area contributed by atoms with Gasteiger partial charge in [-0.25, -0.2) is 9.07 Å². The first kappa shape index (κ1) is 24.4. The van der Waals surface area contributed by atoms with Crippen LogP contribution in [0.3, 0.4) is 0 Å². The lowest BCUT2D eigenvalue weighted by Crippen LogP contribution is -2.57. The van der Waals surface area contributed by atoms with Gasteiger partial charge in [-0.05, 0) is 63.9 Å². The Morgan fingerprint density at radius 2 is 1.97 bits per heavy atom. The number of amides is 1. The van der Waals surface area contributed by atoms with Gasteiger partial charge in [-0.1, -0.05) is 0 Å². The average molecular weight is 493 g/mol. The molecule has 2 N–H and O–H groups in total. The van der Waals surface area contributed by atoms with Gasteiger partial charge in [0.1, 0.15) is 5.82 Å². The number of likely N-dealkylation sites (tertiary alicyclic amines) is 1. The molecule has 2 aliphatic rings. The maximum absolute atomic E-state index is 14.6. The van der Waals surface area contributed by atoms with E-state index in [1.54, 1.807) is 30.3 Å². The highest BCUT2D eigenvalue weighted by atomic mass is 19.1. The van der Waals surface area contributed by atoms with Crippen molar-refractivity contribution in [1.82, 2.24) is 25.0 Å². The Balaban J connectivity index is 1.38. The standard InChI is InChI=1S/C27H33FN6O2/c1-17-9-23(28)22(26(35)32-20-5-6-20)11-24(17)34-15-19(13-30-34)18-10-21(14-29-12-18)31-25-7-8-33(3)16-27(25,2)36-4/h9-15,20,25,31H,5-8,16H2,1-4H3,(H,32,35). The number of halogens is 1. The van der Waals surface area contributed by atoms with Gasteiger partial charge < -0.3 is 20.3 Å². The van der Waals surface area contributed by atoms with Crippen molar-refractivity contribution in [3.8, 4) is 16.8 Å². The first-order chi connectivity index (χ1) is 17.3. The third-order valence-corrected chi connectivity index (χ3v) is 7.27. The van der Waals surface area contributed by atoms with Crippen LogP contribution in [0.5, 0.6) is 0 Å². The van der Waals surface area contributed by atoms with Crippen molar-refractivity contribution in [3.63, 3.8) is 0 Å². The molecule has 0 bridgehead atoms. The molecule has 190 valence electrons. The van der Waals surface area contributed by atoms with Crippen molar-refractivity contribution in [3.05, 3.63) is 59.9 Å². The molecule has 1 saturated carbocycles. The van der Waals surface area contributed by atoms with Crippen LogP contribution < -0.4 is 10.6 Å². The number of nitrogens with zero attached hydrogens (tertiary/aromatic N) is 4. The molecule has 1 aromatic carbocycles. The van der Waals surface area contributed by atoms with E-state index in [2.05, 4.69) is 45.7 Å². The maximum Gasteiger partial charge on any atom is 0.254 e. The largest absolute Gasteiger partial charge is 0.378 e. The van der Waals surface area contributed by atoms with Gasteiger partial charge in [0.25, 0.3) is 5.91 Å². The molecular formula is C27H33FN6O2. The van der Waals surface area contributed by atoms with Crippen molar-refractivity contribution >= 4 is 11.6 Å². The molecule has 1 saturated heterocycles. The molecule has 1 amide bonds. The van der Waals surface area contributed by atoms with Crippen LogP contribution in [0.4, 0.5) is 10.1 Å². The number of aryl methyl sites for hydroxylation is 1. The van der Waals surface area contributed by atoms with E-state index in [1.165, 1.54) is 6.07 Å². The lowest BCUT2D eigenvalue weighted by molar-refractivity contribution is -0.0533. The number of anilines is 1. The second-order valence-electron chi connectivity index (χ2n) is 10.2. The highest BCUT2D eigenvalue weighted by Crippen LogP contribution is 2.29. The van der Waals surface area contributed by atoms with Gasteiger partial charge in [0.2, 0.25) is 0 Å². The predicted molar refractivity (Wildman–Crippen MR) is 137 cm³/mol. The lowest BCUT2D eigenvalue weighted by Gasteiger charge is -2.44. The number of benzene rings is 1. The Morgan fingerprint density at radius 3 is 2.72 bits per heavy atom. The van der Waals surface area contributed by atoms with Gasteiger partial charge in [-0.15, -0.1) is 0 Å². The van der Waals surface area contributed by atoms with Crippen LogP contribution >= 0.6 is 0 Å². The molecule has 2 unspecified atom stereocenters. The Labute approximate surface area is 210 Å². The Morgan fingerprint density at radius 1 is 1.17 bits per heavy atom. The Kier molecular flexibility index (Phi) is 6.53. The fourth-order valence-electron chi connectivity index (χ4n) is 4.87. The molecule has 0 spiro atoms. The van der Waals surface area contributed by atoms with E-state index in [0.717, 1.165) is 49.2 Å². The molecule has 8 nitrogen and oxygen atoms in total. The molecule has 2 fully saturated rings. The Hall–Kier alpha value is -3.30. The number of piperidine rings is 1. The second kappa shape index (κ2) is 9.63. The van der Waals surface area contributed by atoms with Crippen LogP contribution in [0.25, 0.3) is 16.8 Å². The molecule has 36 heavy (non-hydrogen) atoms. The molecular weight excluding hydrogens is 459 g/mol. The number of rotatable bonds is 7. The summed E-state index contributed by atoms with van der Waals surface area (Å²) in [6.45, 7) is 5.78. The van der Waals surface area contributed by atoms with E-state index < -0.39 is 5.82 Å². The van der Waals surface area contributed by atoms with Crippen molar-refractivity contribution in [2.75, 3.05) is 32.6 Å². The highest BCUT2D eigenvalue weighted by molar-refractivity contribution is 5.95. The number of methoxy groups -OCH3 is 1. The number of hydrogen-bond donors (Lipinski definition) is 2. The quantitative estimate of drug-likeness (QED) is 0.522. The van der Waals surface area contributed by atoms with Gasteiger partial charge in [0, 0.05) is 56.0 Å². The van der Waals surface area contributed by atoms with E-state index in [1.807, 2.05) is 19.3 Å². The summed E-state index contributed by atoms with van der Waals surface area (Å²) in [5, 5.41) is 11.0.